The Kier molecular flexibility index (Phi) is 6.23. The summed E-state index contributed by atoms with van der Waals surface area (Å²) in [6.07, 6.45) is 5.25. The number of methoxy groups -OCH3 is 1. The van der Waals surface area contributed by atoms with Crippen LogP contribution in [-0.4, -0.2) is 25.7 Å². The van der Waals surface area contributed by atoms with Gasteiger partial charge in [0.05, 0.1) is 13.7 Å². The van der Waals surface area contributed by atoms with Gasteiger partial charge in [-0.1, -0.05) is 12.2 Å². The number of rotatable bonds is 4. The maximum Gasteiger partial charge on any atom is 0.330 e. The van der Waals surface area contributed by atoms with Gasteiger partial charge in [-0.3, -0.25) is 0 Å². The van der Waals surface area contributed by atoms with E-state index < -0.39 is 11.9 Å². The van der Waals surface area contributed by atoms with Crippen LogP contribution in [0.25, 0.3) is 0 Å². The number of carbonyl (C=O) groups is 2. The van der Waals surface area contributed by atoms with Crippen molar-refractivity contribution in [2.45, 2.75) is 6.92 Å². The molecule has 0 aromatic carbocycles. The van der Waals surface area contributed by atoms with Crippen LogP contribution in [0.15, 0.2) is 24.3 Å². The summed E-state index contributed by atoms with van der Waals surface area (Å²) in [6.45, 7) is 2.06. The Morgan fingerprint density at radius 3 is 2.15 bits per heavy atom. The van der Waals surface area contributed by atoms with Crippen molar-refractivity contribution in [3.8, 4) is 0 Å². The fourth-order valence-electron chi connectivity index (χ4n) is 0.527. The second-order valence-electron chi connectivity index (χ2n) is 1.99. The van der Waals surface area contributed by atoms with Crippen LogP contribution >= 0.6 is 0 Å². The molecule has 0 unspecified atom stereocenters. The number of ether oxygens (including phenoxy) is 2. The van der Waals surface area contributed by atoms with Crippen molar-refractivity contribution in [3.63, 3.8) is 0 Å². The van der Waals surface area contributed by atoms with Crippen molar-refractivity contribution in [1.29, 1.82) is 0 Å². The summed E-state index contributed by atoms with van der Waals surface area (Å²) in [7, 11) is 1.28. The highest BCUT2D eigenvalue weighted by Crippen LogP contribution is 1.84. The van der Waals surface area contributed by atoms with Crippen molar-refractivity contribution in [2.24, 2.45) is 0 Å². The quantitative estimate of drug-likeness (QED) is 0.369. The van der Waals surface area contributed by atoms with Gasteiger partial charge < -0.3 is 9.47 Å². The molecule has 13 heavy (non-hydrogen) atoms. The highest BCUT2D eigenvalue weighted by Gasteiger charge is 1.91. The molecule has 0 heterocycles. The molecule has 4 heteroatoms. The van der Waals surface area contributed by atoms with Crippen LogP contribution in [0, 0.1) is 0 Å². The molecule has 0 spiro atoms. The SMILES string of the molecule is CCOC(=O)/C=C/C=C\C(=O)OC. The first-order valence-corrected chi connectivity index (χ1v) is 3.80. The van der Waals surface area contributed by atoms with Gasteiger partial charge in [0.25, 0.3) is 0 Å². The van der Waals surface area contributed by atoms with E-state index in [-0.39, 0.29) is 0 Å². The van der Waals surface area contributed by atoms with E-state index in [9.17, 15) is 9.59 Å². The van der Waals surface area contributed by atoms with Gasteiger partial charge in [-0.2, -0.15) is 0 Å². The Labute approximate surface area is 76.8 Å². The first-order valence-electron chi connectivity index (χ1n) is 3.80. The second-order valence-corrected chi connectivity index (χ2v) is 1.99. The lowest BCUT2D eigenvalue weighted by molar-refractivity contribution is -0.137. The van der Waals surface area contributed by atoms with E-state index >= 15 is 0 Å². The van der Waals surface area contributed by atoms with E-state index in [1.165, 1.54) is 31.4 Å². The highest BCUT2D eigenvalue weighted by molar-refractivity contribution is 5.84. The van der Waals surface area contributed by atoms with Crippen molar-refractivity contribution >= 4 is 11.9 Å². The zero-order valence-electron chi connectivity index (χ0n) is 7.65. The van der Waals surface area contributed by atoms with Crippen LogP contribution in [0.2, 0.25) is 0 Å². The summed E-state index contributed by atoms with van der Waals surface area (Å²) >= 11 is 0. The van der Waals surface area contributed by atoms with Gasteiger partial charge >= 0.3 is 11.9 Å². The molecule has 0 aliphatic heterocycles. The van der Waals surface area contributed by atoms with Gasteiger partial charge in [-0.15, -0.1) is 0 Å². The predicted molar refractivity (Wildman–Crippen MR) is 46.9 cm³/mol. The summed E-state index contributed by atoms with van der Waals surface area (Å²) in [6, 6.07) is 0. The van der Waals surface area contributed by atoms with E-state index in [2.05, 4.69) is 9.47 Å². The van der Waals surface area contributed by atoms with Gasteiger partial charge in [-0.25, -0.2) is 9.59 Å². The minimum atomic E-state index is -0.464. The van der Waals surface area contributed by atoms with E-state index in [0.717, 1.165) is 0 Å². The molecule has 4 nitrogen and oxygen atoms in total. The third-order valence-electron chi connectivity index (χ3n) is 1.06. The summed E-state index contributed by atoms with van der Waals surface area (Å²) in [5.41, 5.74) is 0. The minimum absolute atomic E-state index is 0.337. The van der Waals surface area contributed by atoms with Crippen molar-refractivity contribution < 1.29 is 19.1 Å². The molecule has 0 saturated heterocycles. The maximum absolute atomic E-state index is 10.7. The number of hydrogen-bond donors (Lipinski definition) is 0. The van der Waals surface area contributed by atoms with Gasteiger partial charge in [0.15, 0.2) is 0 Å². The Morgan fingerprint density at radius 1 is 1.15 bits per heavy atom. The summed E-state index contributed by atoms with van der Waals surface area (Å²) in [5, 5.41) is 0. The molecule has 0 N–H and O–H groups in total. The molecule has 0 saturated carbocycles. The van der Waals surface area contributed by atoms with E-state index in [1.807, 2.05) is 0 Å². The summed E-state index contributed by atoms with van der Waals surface area (Å²) in [4.78, 5) is 21.2. The molecular formula is C9H12O4. The molecule has 0 fully saturated rings. The van der Waals surface area contributed by atoms with Crippen molar-refractivity contribution in [1.82, 2.24) is 0 Å². The van der Waals surface area contributed by atoms with Gasteiger partial charge in [0.1, 0.15) is 0 Å². The Hall–Kier alpha value is -1.58. The topological polar surface area (TPSA) is 52.6 Å². The number of carbonyl (C=O) groups excluding carboxylic acids is 2. The summed E-state index contributed by atoms with van der Waals surface area (Å²) in [5.74, 6) is -0.898. The molecule has 0 amide bonds. The van der Waals surface area contributed by atoms with E-state index in [4.69, 9.17) is 0 Å². The smallest absolute Gasteiger partial charge is 0.330 e. The highest BCUT2D eigenvalue weighted by atomic mass is 16.5. The average molecular weight is 184 g/mol. The molecule has 0 aromatic rings. The van der Waals surface area contributed by atoms with Gasteiger partial charge in [-0.05, 0) is 6.92 Å². The van der Waals surface area contributed by atoms with Crippen molar-refractivity contribution in [2.75, 3.05) is 13.7 Å². The first kappa shape index (κ1) is 11.4. The molecule has 0 aliphatic rings. The molecule has 72 valence electrons. The monoisotopic (exact) mass is 184 g/mol. The fraction of sp³-hybridized carbons (Fsp3) is 0.333. The standard InChI is InChI=1S/C9H12O4/c1-3-13-9(11)7-5-4-6-8(10)12-2/h4-7H,3H2,1-2H3/b6-4-,7-5+. The largest absolute Gasteiger partial charge is 0.466 e. The van der Waals surface area contributed by atoms with Crippen molar-refractivity contribution in [3.05, 3.63) is 24.3 Å². The molecule has 0 aromatic heterocycles. The van der Waals surface area contributed by atoms with Gasteiger partial charge in [0, 0.05) is 12.2 Å². The predicted octanol–water partition coefficient (Wildman–Crippen LogP) is 0.835. The minimum Gasteiger partial charge on any atom is -0.466 e. The Balaban J connectivity index is 3.80. The van der Waals surface area contributed by atoms with Gasteiger partial charge in [0.2, 0.25) is 0 Å². The lowest BCUT2D eigenvalue weighted by Gasteiger charge is -1.92. The molecule has 0 radical (unpaired) electrons. The third kappa shape index (κ3) is 6.80. The summed E-state index contributed by atoms with van der Waals surface area (Å²) < 4.78 is 8.93. The van der Waals surface area contributed by atoms with Crippen LogP contribution in [0.1, 0.15) is 6.92 Å². The van der Waals surface area contributed by atoms with Crippen LogP contribution in [0.3, 0.4) is 0 Å². The lowest BCUT2D eigenvalue weighted by atomic mass is 10.4. The number of hydrogen-bond acceptors (Lipinski definition) is 4. The normalized spacial score (nSPS) is 10.6. The Morgan fingerprint density at radius 2 is 1.69 bits per heavy atom. The van der Waals surface area contributed by atoms with Crippen LogP contribution < -0.4 is 0 Å². The molecule has 0 atom stereocenters. The van der Waals surface area contributed by atoms with Crippen LogP contribution in [0.5, 0.6) is 0 Å². The third-order valence-corrected chi connectivity index (χ3v) is 1.06. The van der Waals surface area contributed by atoms with E-state index in [1.54, 1.807) is 6.92 Å². The lowest BCUT2D eigenvalue weighted by Crippen LogP contribution is -1.98. The zero-order valence-corrected chi connectivity index (χ0v) is 7.65. The molecule has 0 rings (SSSR count). The van der Waals surface area contributed by atoms with E-state index in [0.29, 0.717) is 6.61 Å². The average Bonchev–Trinajstić information content (AvgIpc) is 2.12. The Bertz CT molecular complexity index is 228. The maximum atomic E-state index is 10.7. The fourth-order valence-corrected chi connectivity index (χ4v) is 0.527. The number of esters is 2. The van der Waals surface area contributed by atoms with Crippen LogP contribution in [0.4, 0.5) is 0 Å². The van der Waals surface area contributed by atoms with Crippen LogP contribution in [-0.2, 0) is 19.1 Å². The zero-order chi connectivity index (χ0) is 10.1. The molecular weight excluding hydrogens is 172 g/mol. The first-order chi connectivity index (χ1) is 6.20. The number of allylic oxidation sites excluding steroid dienone is 2. The molecule has 0 aliphatic carbocycles. The molecule has 0 bridgehead atoms. The second kappa shape index (κ2) is 7.09.